The summed E-state index contributed by atoms with van der Waals surface area (Å²) in [6.07, 6.45) is 4.35. The van der Waals surface area contributed by atoms with Crippen LogP contribution in [0.5, 0.6) is 0 Å². The van der Waals surface area contributed by atoms with Crippen molar-refractivity contribution in [3.8, 4) is 0 Å². The van der Waals surface area contributed by atoms with E-state index in [-0.39, 0.29) is 11.8 Å². The predicted octanol–water partition coefficient (Wildman–Crippen LogP) is 1.58. The molecule has 0 amide bonds. The van der Waals surface area contributed by atoms with Crippen LogP contribution in [0.4, 0.5) is 11.5 Å². The zero-order valence-electron chi connectivity index (χ0n) is 13.5. The van der Waals surface area contributed by atoms with E-state index < -0.39 is 4.92 Å². The fourth-order valence-corrected chi connectivity index (χ4v) is 3.73. The number of aliphatic hydroxyl groups excluding tert-OH is 1. The third kappa shape index (κ3) is 3.79. The topological polar surface area (TPSA) is 82.7 Å². The van der Waals surface area contributed by atoms with Gasteiger partial charge in [0.15, 0.2) is 0 Å². The van der Waals surface area contributed by atoms with E-state index in [1.54, 1.807) is 6.07 Å². The molecule has 1 N–H and O–H groups in total. The summed E-state index contributed by atoms with van der Waals surface area (Å²) in [5.41, 5.74) is 0.905. The summed E-state index contributed by atoms with van der Waals surface area (Å²) in [5, 5.41) is 20.5. The van der Waals surface area contributed by atoms with Gasteiger partial charge in [-0.2, -0.15) is 0 Å². The molecule has 2 atom stereocenters. The Morgan fingerprint density at radius 1 is 1.39 bits per heavy atom. The van der Waals surface area contributed by atoms with Crippen LogP contribution in [0, 0.1) is 23.0 Å². The van der Waals surface area contributed by atoms with Crippen molar-refractivity contribution >= 4 is 11.5 Å². The number of hydrogen-bond acceptors (Lipinski definition) is 6. The van der Waals surface area contributed by atoms with Crippen LogP contribution >= 0.6 is 0 Å². The third-order valence-corrected chi connectivity index (χ3v) is 4.83. The first kappa shape index (κ1) is 16.1. The zero-order chi connectivity index (χ0) is 16.4. The molecule has 2 aliphatic heterocycles. The maximum Gasteiger partial charge on any atom is 0.287 e. The summed E-state index contributed by atoms with van der Waals surface area (Å²) >= 11 is 0. The number of hydrogen-bond donors (Lipinski definition) is 1. The van der Waals surface area contributed by atoms with Crippen LogP contribution in [0.2, 0.25) is 0 Å². The van der Waals surface area contributed by atoms with E-state index in [0.717, 1.165) is 56.9 Å². The molecule has 3 rings (SSSR count). The van der Waals surface area contributed by atoms with E-state index in [1.165, 1.54) is 12.6 Å². The lowest BCUT2D eigenvalue weighted by molar-refractivity contribution is -0.385. The largest absolute Gasteiger partial charge is 0.392 e. The number of nitro groups is 1. The van der Waals surface area contributed by atoms with Gasteiger partial charge in [-0.25, -0.2) is 4.98 Å². The predicted molar refractivity (Wildman–Crippen MR) is 87.6 cm³/mol. The van der Waals surface area contributed by atoms with Gasteiger partial charge in [0.05, 0.1) is 11.0 Å². The van der Waals surface area contributed by atoms with Crippen molar-refractivity contribution in [2.45, 2.75) is 32.3 Å². The Balaban J connectivity index is 1.65. The molecule has 2 fully saturated rings. The van der Waals surface area contributed by atoms with E-state index in [9.17, 15) is 15.2 Å². The third-order valence-electron chi connectivity index (χ3n) is 4.83. The van der Waals surface area contributed by atoms with Gasteiger partial charge in [-0.3, -0.25) is 10.1 Å². The maximum atomic E-state index is 10.8. The Hall–Kier alpha value is -1.73. The van der Waals surface area contributed by atoms with Gasteiger partial charge in [0.25, 0.3) is 5.69 Å². The van der Waals surface area contributed by atoms with Crippen molar-refractivity contribution in [3.63, 3.8) is 0 Å². The Bertz CT molecular complexity index is 580. The summed E-state index contributed by atoms with van der Waals surface area (Å²) in [4.78, 5) is 19.4. The maximum absolute atomic E-state index is 10.8. The number of aromatic nitrogens is 1. The normalized spacial score (nSPS) is 25.7. The summed E-state index contributed by atoms with van der Waals surface area (Å²) in [5.74, 6) is 1.42. The smallest absolute Gasteiger partial charge is 0.287 e. The highest BCUT2D eigenvalue weighted by atomic mass is 16.6. The average molecular weight is 320 g/mol. The molecule has 3 heterocycles. The van der Waals surface area contributed by atoms with Gasteiger partial charge in [-0.05, 0) is 37.7 Å². The minimum absolute atomic E-state index is 0.0471. The molecule has 7 heteroatoms. The molecule has 0 unspecified atom stereocenters. The number of β-amino-alcohol motifs (C(OH)–C–C–N with tert-alkyl or cyclic N) is 1. The standard InChI is InChI=1S/C16H24N4O3/c1-12-7-14(20(22)23)8-17-16(12)19-5-2-3-13(10-19)9-18-6-4-15(21)11-18/h7-8,13,15,21H,2-6,9-11H2,1H3/t13-,15+/m1/s1. The van der Waals surface area contributed by atoms with Crippen LogP contribution in [0.1, 0.15) is 24.8 Å². The van der Waals surface area contributed by atoms with E-state index in [0.29, 0.717) is 5.92 Å². The highest BCUT2D eigenvalue weighted by Crippen LogP contribution is 2.27. The van der Waals surface area contributed by atoms with Crippen molar-refractivity contribution in [2.24, 2.45) is 5.92 Å². The lowest BCUT2D eigenvalue weighted by Gasteiger charge is -2.36. The Kier molecular flexibility index (Phi) is 4.77. The van der Waals surface area contributed by atoms with Gasteiger partial charge in [-0.1, -0.05) is 0 Å². The van der Waals surface area contributed by atoms with Crippen molar-refractivity contribution in [2.75, 3.05) is 37.6 Å². The molecule has 0 aliphatic carbocycles. The number of likely N-dealkylation sites (tertiary alicyclic amines) is 1. The lowest BCUT2D eigenvalue weighted by atomic mass is 9.97. The van der Waals surface area contributed by atoms with Gasteiger partial charge in [0.1, 0.15) is 12.0 Å². The van der Waals surface area contributed by atoms with E-state index in [1.807, 2.05) is 6.92 Å². The average Bonchev–Trinajstić information content (AvgIpc) is 2.92. The van der Waals surface area contributed by atoms with Crippen LogP contribution in [0.3, 0.4) is 0 Å². The molecule has 23 heavy (non-hydrogen) atoms. The van der Waals surface area contributed by atoms with E-state index >= 15 is 0 Å². The summed E-state index contributed by atoms with van der Waals surface area (Å²) in [6, 6.07) is 1.60. The minimum atomic E-state index is -0.401. The summed E-state index contributed by atoms with van der Waals surface area (Å²) in [7, 11) is 0. The molecule has 7 nitrogen and oxygen atoms in total. The zero-order valence-corrected chi connectivity index (χ0v) is 13.5. The molecule has 0 bridgehead atoms. The fourth-order valence-electron chi connectivity index (χ4n) is 3.73. The summed E-state index contributed by atoms with van der Waals surface area (Å²) in [6.45, 7) is 6.54. The minimum Gasteiger partial charge on any atom is -0.392 e. The second kappa shape index (κ2) is 6.80. The molecule has 0 saturated carbocycles. The fraction of sp³-hybridized carbons (Fsp3) is 0.688. The number of pyridine rings is 1. The van der Waals surface area contributed by atoms with Crippen LogP contribution in [0.25, 0.3) is 0 Å². The first-order valence-electron chi connectivity index (χ1n) is 8.29. The monoisotopic (exact) mass is 320 g/mol. The van der Waals surface area contributed by atoms with Crippen LogP contribution in [-0.2, 0) is 0 Å². The van der Waals surface area contributed by atoms with Gasteiger partial charge in [0.2, 0.25) is 0 Å². The first-order valence-corrected chi connectivity index (χ1v) is 8.29. The number of anilines is 1. The van der Waals surface area contributed by atoms with Crippen LogP contribution < -0.4 is 4.90 Å². The molecule has 2 aliphatic rings. The van der Waals surface area contributed by atoms with Gasteiger partial charge >= 0.3 is 0 Å². The van der Waals surface area contributed by atoms with Crippen molar-refractivity contribution < 1.29 is 10.0 Å². The second-order valence-corrected chi connectivity index (χ2v) is 6.75. The molecule has 0 aromatic carbocycles. The second-order valence-electron chi connectivity index (χ2n) is 6.75. The highest BCUT2D eigenvalue weighted by Gasteiger charge is 2.27. The van der Waals surface area contributed by atoms with Crippen LogP contribution in [0.15, 0.2) is 12.3 Å². The van der Waals surface area contributed by atoms with Crippen molar-refractivity contribution in [1.29, 1.82) is 0 Å². The number of aliphatic hydroxyl groups is 1. The molecule has 1 aromatic rings. The Morgan fingerprint density at radius 3 is 2.87 bits per heavy atom. The number of piperidine rings is 1. The molecule has 1 aromatic heterocycles. The lowest BCUT2D eigenvalue weighted by Crippen LogP contribution is -2.41. The molecule has 0 spiro atoms. The van der Waals surface area contributed by atoms with Crippen molar-refractivity contribution in [1.82, 2.24) is 9.88 Å². The quantitative estimate of drug-likeness (QED) is 0.670. The number of aryl methyl sites for hydroxylation is 1. The first-order chi connectivity index (χ1) is 11.0. The molecular formula is C16H24N4O3. The molecule has 0 radical (unpaired) electrons. The Morgan fingerprint density at radius 2 is 2.22 bits per heavy atom. The Labute approximate surface area is 136 Å². The highest BCUT2D eigenvalue weighted by molar-refractivity contribution is 5.50. The van der Waals surface area contributed by atoms with E-state index in [4.69, 9.17) is 0 Å². The van der Waals surface area contributed by atoms with Gasteiger partial charge < -0.3 is 14.9 Å². The number of nitrogens with zero attached hydrogens (tertiary/aromatic N) is 4. The SMILES string of the molecule is Cc1cc([N+](=O)[O-])cnc1N1CCC[C@H](CN2CC[C@H](O)C2)C1. The molecule has 2 saturated heterocycles. The van der Waals surface area contributed by atoms with Crippen LogP contribution in [-0.4, -0.2) is 58.7 Å². The van der Waals surface area contributed by atoms with Crippen molar-refractivity contribution in [3.05, 3.63) is 27.9 Å². The molecule has 126 valence electrons. The summed E-state index contributed by atoms with van der Waals surface area (Å²) < 4.78 is 0. The van der Waals surface area contributed by atoms with Gasteiger partial charge in [-0.15, -0.1) is 0 Å². The van der Waals surface area contributed by atoms with E-state index in [2.05, 4.69) is 14.8 Å². The number of rotatable bonds is 4. The molecular weight excluding hydrogens is 296 g/mol. The van der Waals surface area contributed by atoms with Gasteiger partial charge in [0, 0.05) is 38.8 Å².